The second-order valence-corrected chi connectivity index (χ2v) is 6.17. The van der Waals surface area contributed by atoms with Crippen LogP contribution in [0.5, 0.6) is 0 Å². The lowest BCUT2D eigenvalue weighted by Crippen LogP contribution is -2.32. The third-order valence-corrected chi connectivity index (χ3v) is 4.28. The second-order valence-electron chi connectivity index (χ2n) is 6.17. The molecule has 0 bridgehead atoms. The predicted octanol–water partition coefficient (Wildman–Crippen LogP) is 2.15. The minimum atomic E-state index is -0.193. The van der Waals surface area contributed by atoms with E-state index in [9.17, 15) is 9.59 Å². The van der Waals surface area contributed by atoms with E-state index >= 15 is 0 Å². The molecule has 1 N–H and O–H groups in total. The Labute approximate surface area is 146 Å². The number of aryl methyl sites for hydroxylation is 3. The summed E-state index contributed by atoms with van der Waals surface area (Å²) in [5.74, 6) is -0.193. The highest BCUT2D eigenvalue weighted by Crippen LogP contribution is 2.13. The van der Waals surface area contributed by atoms with Crippen molar-refractivity contribution in [1.82, 2.24) is 19.7 Å². The molecule has 6 heteroatoms. The van der Waals surface area contributed by atoms with E-state index in [1.54, 1.807) is 10.9 Å². The zero-order valence-corrected chi connectivity index (χ0v) is 14.7. The average molecular weight is 338 g/mol. The normalized spacial score (nSPS) is 11.0. The molecule has 25 heavy (non-hydrogen) atoms. The number of hydrogen-bond acceptors (Lipinski definition) is 3. The van der Waals surface area contributed by atoms with Gasteiger partial charge in [-0.1, -0.05) is 29.8 Å². The van der Waals surface area contributed by atoms with Gasteiger partial charge in [-0.2, -0.15) is 5.10 Å². The van der Waals surface area contributed by atoms with Gasteiger partial charge < -0.3 is 9.88 Å². The summed E-state index contributed by atoms with van der Waals surface area (Å²) in [5, 5.41) is 8.07. The van der Waals surface area contributed by atoms with Gasteiger partial charge in [-0.25, -0.2) is 0 Å². The van der Waals surface area contributed by atoms with Gasteiger partial charge in [0.25, 0.3) is 5.56 Å². The smallest absolute Gasteiger partial charge is 0.277 e. The number of nitrogens with zero attached hydrogens (tertiary/aromatic N) is 3. The maximum Gasteiger partial charge on any atom is 0.277 e. The molecule has 0 unspecified atom stereocenters. The third-order valence-electron chi connectivity index (χ3n) is 4.28. The molecule has 0 aliphatic carbocycles. The molecule has 6 nitrogen and oxygen atoms in total. The molecule has 3 aromatic rings. The fraction of sp³-hybridized carbons (Fsp3) is 0.316. The number of aromatic nitrogens is 3. The molecule has 3 rings (SSSR count). The number of benzene rings is 1. The van der Waals surface area contributed by atoms with Crippen LogP contribution in [0, 0.1) is 13.8 Å². The van der Waals surface area contributed by atoms with Gasteiger partial charge in [0, 0.05) is 24.7 Å². The lowest BCUT2D eigenvalue weighted by Gasteiger charge is -2.08. The first-order chi connectivity index (χ1) is 12.0. The highest BCUT2D eigenvalue weighted by atomic mass is 16.2. The standard InChI is InChI=1S/C19H22N4O2/c1-4-23-18-16(14(3)21-23)9-10-22(19(18)25)12-17(24)20-11-15-7-5-13(2)6-8-15/h5-10H,4,11-12H2,1-3H3,(H,20,24). The van der Waals surface area contributed by atoms with Crippen LogP contribution in [0.2, 0.25) is 0 Å². The number of fused-ring (bicyclic) bond motifs is 1. The zero-order valence-electron chi connectivity index (χ0n) is 14.7. The summed E-state index contributed by atoms with van der Waals surface area (Å²) in [4.78, 5) is 24.9. The maximum absolute atomic E-state index is 12.7. The Morgan fingerprint density at radius 2 is 1.88 bits per heavy atom. The molecule has 0 spiro atoms. The van der Waals surface area contributed by atoms with Crippen LogP contribution >= 0.6 is 0 Å². The summed E-state index contributed by atoms with van der Waals surface area (Å²) >= 11 is 0. The minimum absolute atomic E-state index is 0.00538. The van der Waals surface area contributed by atoms with Crippen molar-refractivity contribution in [1.29, 1.82) is 0 Å². The lowest BCUT2D eigenvalue weighted by atomic mass is 10.1. The van der Waals surface area contributed by atoms with Crippen molar-refractivity contribution in [3.8, 4) is 0 Å². The molecular formula is C19H22N4O2. The fourth-order valence-electron chi connectivity index (χ4n) is 2.86. The van der Waals surface area contributed by atoms with E-state index in [-0.39, 0.29) is 18.0 Å². The Bertz CT molecular complexity index is 967. The van der Waals surface area contributed by atoms with Crippen LogP contribution in [0.4, 0.5) is 0 Å². The summed E-state index contributed by atoms with van der Waals surface area (Å²) < 4.78 is 3.12. The van der Waals surface area contributed by atoms with Crippen molar-refractivity contribution in [2.24, 2.45) is 0 Å². The molecule has 0 aliphatic rings. The first-order valence-electron chi connectivity index (χ1n) is 8.38. The van der Waals surface area contributed by atoms with E-state index in [1.807, 2.05) is 51.1 Å². The van der Waals surface area contributed by atoms with Crippen LogP contribution in [-0.4, -0.2) is 20.3 Å². The van der Waals surface area contributed by atoms with Crippen LogP contribution in [0.1, 0.15) is 23.7 Å². The Kier molecular flexibility index (Phi) is 4.70. The molecule has 0 saturated carbocycles. The number of nitrogens with one attached hydrogen (secondary N) is 1. The first-order valence-corrected chi connectivity index (χ1v) is 8.38. The number of carbonyl (C=O) groups is 1. The van der Waals surface area contributed by atoms with E-state index in [0.29, 0.717) is 18.6 Å². The van der Waals surface area contributed by atoms with Crippen molar-refractivity contribution >= 4 is 16.8 Å². The van der Waals surface area contributed by atoms with Gasteiger partial charge in [-0.15, -0.1) is 0 Å². The molecule has 2 heterocycles. The quantitative estimate of drug-likeness (QED) is 0.775. The van der Waals surface area contributed by atoms with Gasteiger partial charge in [-0.3, -0.25) is 14.3 Å². The molecule has 1 aromatic carbocycles. The van der Waals surface area contributed by atoms with Gasteiger partial charge in [-0.05, 0) is 32.4 Å². The van der Waals surface area contributed by atoms with Gasteiger partial charge in [0.2, 0.25) is 5.91 Å². The SMILES string of the molecule is CCn1nc(C)c2ccn(CC(=O)NCc3ccc(C)cc3)c(=O)c21. The van der Waals surface area contributed by atoms with Gasteiger partial charge in [0.15, 0.2) is 0 Å². The Balaban J connectivity index is 1.76. The molecule has 130 valence electrons. The van der Waals surface area contributed by atoms with Crippen molar-refractivity contribution in [3.63, 3.8) is 0 Å². The number of amides is 1. The van der Waals surface area contributed by atoms with Crippen molar-refractivity contribution in [2.45, 2.75) is 40.4 Å². The van der Waals surface area contributed by atoms with Gasteiger partial charge >= 0.3 is 0 Å². The van der Waals surface area contributed by atoms with Crippen molar-refractivity contribution in [2.75, 3.05) is 0 Å². The van der Waals surface area contributed by atoms with Crippen LogP contribution in [-0.2, 0) is 24.4 Å². The van der Waals surface area contributed by atoms with Crippen molar-refractivity contribution in [3.05, 3.63) is 63.7 Å². The monoisotopic (exact) mass is 338 g/mol. The van der Waals surface area contributed by atoms with E-state index in [4.69, 9.17) is 0 Å². The Morgan fingerprint density at radius 3 is 2.56 bits per heavy atom. The molecular weight excluding hydrogens is 316 g/mol. The van der Waals surface area contributed by atoms with Crippen LogP contribution < -0.4 is 10.9 Å². The number of hydrogen-bond donors (Lipinski definition) is 1. The molecule has 0 atom stereocenters. The molecule has 2 aromatic heterocycles. The topological polar surface area (TPSA) is 68.9 Å². The molecule has 1 amide bonds. The van der Waals surface area contributed by atoms with Crippen molar-refractivity contribution < 1.29 is 4.79 Å². The fourth-order valence-corrected chi connectivity index (χ4v) is 2.86. The summed E-state index contributed by atoms with van der Waals surface area (Å²) in [6.45, 7) is 6.90. The molecule has 0 aliphatic heterocycles. The Hall–Kier alpha value is -2.89. The number of carbonyl (C=O) groups excluding carboxylic acids is 1. The number of pyridine rings is 1. The summed E-state index contributed by atoms with van der Waals surface area (Å²) in [7, 11) is 0. The average Bonchev–Trinajstić information content (AvgIpc) is 2.93. The van der Waals surface area contributed by atoms with Crippen LogP contribution in [0.25, 0.3) is 10.9 Å². The van der Waals surface area contributed by atoms with E-state index in [1.165, 1.54) is 10.1 Å². The summed E-state index contributed by atoms with van der Waals surface area (Å²) in [6, 6.07) is 9.83. The second kappa shape index (κ2) is 6.93. The largest absolute Gasteiger partial charge is 0.350 e. The lowest BCUT2D eigenvalue weighted by molar-refractivity contribution is -0.121. The van der Waals surface area contributed by atoms with Gasteiger partial charge in [0.05, 0.1) is 5.69 Å². The third kappa shape index (κ3) is 3.47. The van der Waals surface area contributed by atoms with E-state index in [2.05, 4.69) is 10.4 Å². The Morgan fingerprint density at radius 1 is 1.16 bits per heavy atom. The minimum Gasteiger partial charge on any atom is -0.350 e. The predicted molar refractivity (Wildman–Crippen MR) is 97.4 cm³/mol. The van der Waals surface area contributed by atoms with E-state index < -0.39 is 0 Å². The highest BCUT2D eigenvalue weighted by Gasteiger charge is 2.13. The van der Waals surface area contributed by atoms with Crippen LogP contribution in [0.3, 0.4) is 0 Å². The summed E-state index contributed by atoms with van der Waals surface area (Å²) in [5.41, 5.74) is 3.39. The highest BCUT2D eigenvalue weighted by molar-refractivity contribution is 5.81. The number of rotatable bonds is 5. The van der Waals surface area contributed by atoms with Gasteiger partial charge in [0.1, 0.15) is 12.1 Å². The summed E-state index contributed by atoms with van der Waals surface area (Å²) in [6.07, 6.45) is 1.66. The van der Waals surface area contributed by atoms with E-state index in [0.717, 1.165) is 16.6 Å². The molecule has 0 saturated heterocycles. The molecule has 0 radical (unpaired) electrons. The maximum atomic E-state index is 12.7. The van der Waals surface area contributed by atoms with Crippen LogP contribution in [0.15, 0.2) is 41.3 Å². The zero-order chi connectivity index (χ0) is 18.0. The molecule has 0 fully saturated rings. The first kappa shape index (κ1) is 17.0.